The zero-order chi connectivity index (χ0) is 15.2. The van der Waals surface area contributed by atoms with Crippen LogP contribution in [-0.4, -0.2) is 23.6 Å². The fourth-order valence-corrected chi connectivity index (χ4v) is 3.48. The molecule has 0 saturated carbocycles. The SMILES string of the molecule is Cc1[nH]nc(NS(=O)(=O)c2c[nH]c3cc(Cl)ccc23)c1C. The van der Waals surface area contributed by atoms with Crippen LogP contribution in [0.25, 0.3) is 10.9 Å². The van der Waals surface area contributed by atoms with Crippen molar-refractivity contribution >= 4 is 38.3 Å². The zero-order valence-electron chi connectivity index (χ0n) is 11.4. The molecule has 1 aromatic carbocycles. The summed E-state index contributed by atoms with van der Waals surface area (Å²) in [6.07, 6.45) is 1.44. The van der Waals surface area contributed by atoms with E-state index in [-0.39, 0.29) is 4.90 Å². The summed E-state index contributed by atoms with van der Waals surface area (Å²) < 4.78 is 27.5. The van der Waals surface area contributed by atoms with Crippen LogP contribution in [0.5, 0.6) is 0 Å². The molecule has 0 radical (unpaired) electrons. The van der Waals surface area contributed by atoms with Crippen molar-refractivity contribution in [2.45, 2.75) is 18.7 Å². The Hall–Kier alpha value is -1.99. The second kappa shape index (κ2) is 4.78. The minimum absolute atomic E-state index is 0.161. The Labute approximate surface area is 126 Å². The van der Waals surface area contributed by atoms with Gasteiger partial charge in [0.15, 0.2) is 5.82 Å². The molecule has 3 rings (SSSR count). The number of halogens is 1. The minimum Gasteiger partial charge on any atom is -0.360 e. The topological polar surface area (TPSA) is 90.6 Å². The molecule has 3 aromatic rings. The Morgan fingerprint density at radius 3 is 2.71 bits per heavy atom. The number of H-pyrrole nitrogens is 2. The average Bonchev–Trinajstić information content (AvgIpc) is 2.97. The number of aromatic nitrogens is 3. The van der Waals surface area contributed by atoms with E-state index in [2.05, 4.69) is 19.9 Å². The molecule has 110 valence electrons. The first kappa shape index (κ1) is 14.0. The molecule has 0 aliphatic heterocycles. The molecule has 0 unspecified atom stereocenters. The second-order valence-corrected chi connectivity index (χ2v) is 6.86. The summed E-state index contributed by atoms with van der Waals surface area (Å²) in [5, 5.41) is 7.83. The number of fused-ring (bicyclic) bond motifs is 1. The number of nitrogens with zero attached hydrogens (tertiary/aromatic N) is 1. The van der Waals surface area contributed by atoms with Crippen LogP contribution in [0.15, 0.2) is 29.3 Å². The van der Waals surface area contributed by atoms with E-state index in [1.165, 1.54) is 6.20 Å². The molecular formula is C13H13ClN4O2S. The van der Waals surface area contributed by atoms with Gasteiger partial charge in [-0.1, -0.05) is 11.6 Å². The monoisotopic (exact) mass is 324 g/mol. The highest BCUT2D eigenvalue weighted by Gasteiger charge is 2.21. The first-order valence-electron chi connectivity index (χ1n) is 6.19. The lowest BCUT2D eigenvalue weighted by Gasteiger charge is -2.05. The van der Waals surface area contributed by atoms with Crippen molar-refractivity contribution in [3.8, 4) is 0 Å². The van der Waals surface area contributed by atoms with Crippen LogP contribution in [0, 0.1) is 13.8 Å². The Morgan fingerprint density at radius 1 is 1.29 bits per heavy atom. The van der Waals surface area contributed by atoms with Crippen molar-refractivity contribution in [1.29, 1.82) is 0 Å². The van der Waals surface area contributed by atoms with Gasteiger partial charge in [-0.2, -0.15) is 5.10 Å². The van der Waals surface area contributed by atoms with Crippen LogP contribution in [0.1, 0.15) is 11.3 Å². The van der Waals surface area contributed by atoms with Gasteiger partial charge < -0.3 is 4.98 Å². The number of sulfonamides is 1. The maximum atomic E-state index is 12.5. The number of nitrogens with one attached hydrogen (secondary N) is 3. The van der Waals surface area contributed by atoms with Crippen LogP contribution >= 0.6 is 11.6 Å². The first-order valence-corrected chi connectivity index (χ1v) is 8.05. The standard InChI is InChI=1S/C13H13ClN4O2S/c1-7-8(2)16-17-13(7)18-21(19,20)12-6-15-11-5-9(14)3-4-10(11)12/h3-6,15H,1-2H3,(H2,16,17,18). The maximum absolute atomic E-state index is 12.5. The van der Waals surface area contributed by atoms with Gasteiger partial charge in [0, 0.05) is 33.4 Å². The fraction of sp³-hybridized carbons (Fsp3) is 0.154. The highest BCUT2D eigenvalue weighted by atomic mass is 35.5. The third kappa shape index (κ3) is 2.38. The van der Waals surface area contributed by atoms with E-state index in [0.717, 1.165) is 11.3 Å². The molecular weight excluding hydrogens is 312 g/mol. The lowest BCUT2D eigenvalue weighted by atomic mass is 10.2. The summed E-state index contributed by atoms with van der Waals surface area (Å²) in [5.41, 5.74) is 2.25. The van der Waals surface area contributed by atoms with Crippen molar-refractivity contribution in [2.75, 3.05) is 4.72 Å². The van der Waals surface area contributed by atoms with Crippen LogP contribution in [0.3, 0.4) is 0 Å². The molecule has 0 bridgehead atoms. The third-order valence-corrected chi connectivity index (χ3v) is 4.99. The van der Waals surface area contributed by atoms with Gasteiger partial charge in [-0.3, -0.25) is 9.82 Å². The van der Waals surface area contributed by atoms with Crippen LogP contribution in [0.2, 0.25) is 5.02 Å². The number of hydrogen-bond donors (Lipinski definition) is 3. The summed E-state index contributed by atoms with van der Waals surface area (Å²) in [5.74, 6) is 0.302. The molecule has 0 aliphatic rings. The Bertz CT molecular complexity index is 927. The van der Waals surface area contributed by atoms with Gasteiger partial charge in [-0.05, 0) is 32.0 Å². The van der Waals surface area contributed by atoms with Gasteiger partial charge in [-0.15, -0.1) is 0 Å². The van der Waals surface area contributed by atoms with Crippen LogP contribution in [0.4, 0.5) is 5.82 Å². The van der Waals surface area contributed by atoms with Gasteiger partial charge in [0.05, 0.1) is 0 Å². The molecule has 21 heavy (non-hydrogen) atoms. The van der Waals surface area contributed by atoms with Crippen molar-refractivity contribution < 1.29 is 8.42 Å². The quantitative estimate of drug-likeness (QED) is 0.691. The molecule has 0 amide bonds. The van der Waals surface area contributed by atoms with Crippen LogP contribution < -0.4 is 4.72 Å². The molecule has 0 aliphatic carbocycles. The highest BCUT2D eigenvalue weighted by Crippen LogP contribution is 2.27. The highest BCUT2D eigenvalue weighted by molar-refractivity contribution is 7.93. The van der Waals surface area contributed by atoms with Gasteiger partial charge in [-0.25, -0.2) is 8.42 Å². The first-order chi connectivity index (χ1) is 9.88. The van der Waals surface area contributed by atoms with E-state index in [0.29, 0.717) is 21.7 Å². The summed E-state index contributed by atoms with van der Waals surface area (Å²) in [4.78, 5) is 3.07. The summed E-state index contributed by atoms with van der Waals surface area (Å²) in [7, 11) is -3.73. The van der Waals surface area contributed by atoms with E-state index in [1.807, 2.05) is 6.92 Å². The Morgan fingerprint density at radius 2 is 2.05 bits per heavy atom. The number of hydrogen-bond acceptors (Lipinski definition) is 3. The molecule has 6 nitrogen and oxygen atoms in total. The Balaban J connectivity index is 2.06. The molecule has 0 spiro atoms. The average molecular weight is 325 g/mol. The minimum atomic E-state index is -3.73. The molecule has 0 atom stereocenters. The zero-order valence-corrected chi connectivity index (χ0v) is 12.9. The van der Waals surface area contributed by atoms with Crippen molar-refractivity contribution in [2.24, 2.45) is 0 Å². The van der Waals surface area contributed by atoms with E-state index in [1.54, 1.807) is 25.1 Å². The normalized spacial score (nSPS) is 12.0. The number of rotatable bonds is 3. The largest absolute Gasteiger partial charge is 0.360 e. The summed E-state index contributed by atoms with van der Waals surface area (Å²) in [6.45, 7) is 3.62. The number of aryl methyl sites for hydroxylation is 1. The van der Waals surface area contributed by atoms with Gasteiger partial charge in [0.2, 0.25) is 0 Å². The van der Waals surface area contributed by atoms with E-state index >= 15 is 0 Å². The van der Waals surface area contributed by atoms with E-state index < -0.39 is 10.0 Å². The van der Waals surface area contributed by atoms with E-state index in [9.17, 15) is 8.42 Å². The molecule has 8 heteroatoms. The van der Waals surface area contributed by atoms with Crippen molar-refractivity contribution in [3.05, 3.63) is 40.7 Å². The third-order valence-electron chi connectivity index (χ3n) is 3.38. The van der Waals surface area contributed by atoms with E-state index in [4.69, 9.17) is 11.6 Å². The van der Waals surface area contributed by atoms with Gasteiger partial charge >= 0.3 is 0 Å². The predicted molar refractivity (Wildman–Crippen MR) is 82.2 cm³/mol. The molecule has 2 heterocycles. The number of benzene rings is 1. The smallest absolute Gasteiger partial charge is 0.265 e. The lowest BCUT2D eigenvalue weighted by molar-refractivity contribution is 0.602. The lowest BCUT2D eigenvalue weighted by Crippen LogP contribution is -2.13. The molecule has 2 aromatic heterocycles. The Kier molecular flexibility index (Phi) is 3.18. The molecule has 3 N–H and O–H groups in total. The predicted octanol–water partition coefficient (Wildman–Crippen LogP) is 2.96. The molecule has 0 saturated heterocycles. The van der Waals surface area contributed by atoms with Gasteiger partial charge in [0.1, 0.15) is 4.90 Å². The summed E-state index contributed by atoms with van der Waals surface area (Å²) >= 11 is 5.90. The summed E-state index contributed by atoms with van der Waals surface area (Å²) in [6, 6.07) is 5.01. The van der Waals surface area contributed by atoms with Crippen molar-refractivity contribution in [3.63, 3.8) is 0 Å². The second-order valence-electron chi connectivity index (χ2n) is 4.77. The van der Waals surface area contributed by atoms with Crippen LogP contribution in [-0.2, 0) is 10.0 Å². The number of aromatic amines is 2. The van der Waals surface area contributed by atoms with Gasteiger partial charge in [0.25, 0.3) is 10.0 Å². The maximum Gasteiger partial charge on any atom is 0.265 e. The number of anilines is 1. The van der Waals surface area contributed by atoms with Crippen molar-refractivity contribution in [1.82, 2.24) is 15.2 Å². The molecule has 0 fully saturated rings. The fourth-order valence-electron chi connectivity index (χ4n) is 2.06.